The van der Waals surface area contributed by atoms with Gasteiger partial charge in [-0.15, -0.1) is 0 Å². The van der Waals surface area contributed by atoms with Crippen LogP contribution >= 0.6 is 0 Å². The number of nitrogens with zero attached hydrogens (tertiary/aromatic N) is 1. The standard InChI is InChI=1S/C17H34N2/c1-16(2)9-8-12-19(14-16)15-17(13-18-3)10-6-4-5-7-11-17/h18H,4-15H2,1-3H3. The van der Waals surface area contributed by atoms with Crippen molar-refractivity contribution >= 4 is 0 Å². The number of likely N-dealkylation sites (tertiary alicyclic amines) is 1. The third-order valence-electron chi connectivity index (χ3n) is 5.25. The number of hydrogen-bond donors (Lipinski definition) is 1. The van der Waals surface area contributed by atoms with Crippen LogP contribution in [0.5, 0.6) is 0 Å². The van der Waals surface area contributed by atoms with E-state index in [9.17, 15) is 0 Å². The van der Waals surface area contributed by atoms with E-state index in [0.29, 0.717) is 10.8 Å². The van der Waals surface area contributed by atoms with Crippen LogP contribution in [-0.2, 0) is 0 Å². The molecule has 1 saturated carbocycles. The normalized spacial score (nSPS) is 27.9. The van der Waals surface area contributed by atoms with E-state index < -0.39 is 0 Å². The second-order valence-electron chi connectivity index (χ2n) is 7.92. The van der Waals surface area contributed by atoms with Gasteiger partial charge in [0.05, 0.1) is 0 Å². The Morgan fingerprint density at radius 1 is 0.947 bits per heavy atom. The van der Waals surface area contributed by atoms with Gasteiger partial charge >= 0.3 is 0 Å². The summed E-state index contributed by atoms with van der Waals surface area (Å²) in [7, 11) is 2.13. The molecule has 0 bridgehead atoms. The second-order valence-corrected chi connectivity index (χ2v) is 7.92. The molecule has 2 heteroatoms. The molecule has 2 aliphatic rings. The Morgan fingerprint density at radius 3 is 2.21 bits per heavy atom. The van der Waals surface area contributed by atoms with E-state index >= 15 is 0 Å². The molecular weight excluding hydrogens is 232 g/mol. The molecule has 1 saturated heterocycles. The van der Waals surface area contributed by atoms with E-state index in [1.807, 2.05) is 0 Å². The van der Waals surface area contributed by atoms with Crippen molar-refractivity contribution < 1.29 is 0 Å². The predicted molar refractivity (Wildman–Crippen MR) is 83.5 cm³/mol. The first-order valence-electron chi connectivity index (χ1n) is 8.42. The van der Waals surface area contributed by atoms with Gasteiger partial charge in [-0.3, -0.25) is 0 Å². The topological polar surface area (TPSA) is 15.3 Å². The zero-order valence-corrected chi connectivity index (χ0v) is 13.4. The number of rotatable bonds is 4. The van der Waals surface area contributed by atoms with Crippen LogP contribution in [0.15, 0.2) is 0 Å². The first kappa shape index (κ1) is 15.3. The molecule has 112 valence electrons. The minimum absolute atomic E-state index is 0.532. The molecule has 2 fully saturated rings. The minimum Gasteiger partial charge on any atom is -0.319 e. The highest BCUT2D eigenvalue weighted by atomic mass is 15.1. The summed E-state index contributed by atoms with van der Waals surface area (Å²) in [5, 5.41) is 3.49. The van der Waals surface area contributed by atoms with Crippen LogP contribution < -0.4 is 5.32 Å². The van der Waals surface area contributed by atoms with Crippen LogP contribution in [0, 0.1) is 10.8 Å². The number of piperidine rings is 1. The SMILES string of the molecule is CNCC1(CN2CCCC(C)(C)C2)CCCCCC1. The van der Waals surface area contributed by atoms with E-state index in [0.717, 1.165) is 0 Å². The summed E-state index contributed by atoms with van der Waals surface area (Å²) < 4.78 is 0. The molecule has 2 nitrogen and oxygen atoms in total. The lowest BCUT2D eigenvalue weighted by Gasteiger charge is -2.44. The molecule has 0 radical (unpaired) electrons. The molecular formula is C17H34N2. The lowest BCUT2D eigenvalue weighted by molar-refractivity contribution is 0.0610. The van der Waals surface area contributed by atoms with Gasteiger partial charge in [0, 0.05) is 19.6 Å². The molecule has 0 spiro atoms. The molecule has 0 amide bonds. The highest BCUT2D eigenvalue weighted by Gasteiger charge is 2.35. The van der Waals surface area contributed by atoms with Crippen LogP contribution in [-0.4, -0.2) is 38.1 Å². The smallest absolute Gasteiger partial charge is 0.00504 e. The summed E-state index contributed by atoms with van der Waals surface area (Å²) in [6.45, 7) is 10.1. The van der Waals surface area contributed by atoms with E-state index in [2.05, 4.69) is 31.1 Å². The van der Waals surface area contributed by atoms with Crippen molar-refractivity contribution in [3.05, 3.63) is 0 Å². The number of nitrogens with one attached hydrogen (secondary N) is 1. The zero-order chi connectivity index (χ0) is 13.8. The van der Waals surface area contributed by atoms with Gasteiger partial charge in [0.25, 0.3) is 0 Å². The molecule has 1 heterocycles. The van der Waals surface area contributed by atoms with Crippen LogP contribution in [0.2, 0.25) is 0 Å². The third kappa shape index (κ3) is 4.46. The lowest BCUT2D eigenvalue weighted by Crippen LogP contribution is -2.48. The maximum Gasteiger partial charge on any atom is 0.00504 e. The zero-order valence-electron chi connectivity index (χ0n) is 13.4. The molecule has 0 aromatic rings. The summed E-state index contributed by atoms with van der Waals surface area (Å²) >= 11 is 0. The fraction of sp³-hybridized carbons (Fsp3) is 1.00. The fourth-order valence-electron chi connectivity index (χ4n) is 4.40. The molecule has 1 aliphatic heterocycles. The van der Waals surface area contributed by atoms with Crippen molar-refractivity contribution in [1.82, 2.24) is 10.2 Å². The first-order chi connectivity index (χ1) is 9.05. The summed E-state index contributed by atoms with van der Waals surface area (Å²) in [4.78, 5) is 2.77. The average molecular weight is 266 g/mol. The summed E-state index contributed by atoms with van der Waals surface area (Å²) in [6, 6.07) is 0. The monoisotopic (exact) mass is 266 g/mol. The van der Waals surface area contributed by atoms with E-state index in [-0.39, 0.29) is 0 Å². The summed E-state index contributed by atoms with van der Waals surface area (Å²) in [5.74, 6) is 0. The van der Waals surface area contributed by atoms with Crippen molar-refractivity contribution in [3.8, 4) is 0 Å². The van der Waals surface area contributed by atoms with Crippen molar-refractivity contribution in [2.75, 3.05) is 33.2 Å². The van der Waals surface area contributed by atoms with Crippen LogP contribution in [0.25, 0.3) is 0 Å². The van der Waals surface area contributed by atoms with Gasteiger partial charge in [0.1, 0.15) is 0 Å². The van der Waals surface area contributed by atoms with Crippen LogP contribution in [0.1, 0.15) is 65.2 Å². The highest BCUT2D eigenvalue weighted by molar-refractivity contribution is 4.89. The summed E-state index contributed by atoms with van der Waals surface area (Å²) in [6.07, 6.45) is 11.5. The predicted octanol–water partition coefficient (Wildman–Crippen LogP) is 3.67. The quantitative estimate of drug-likeness (QED) is 0.781. The maximum absolute atomic E-state index is 3.49. The third-order valence-corrected chi connectivity index (χ3v) is 5.25. The molecule has 1 N–H and O–H groups in total. The Balaban J connectivity index is 1.98. The Hall–Kier alpha value is -0.0800. The van der Waals surface area contributed by atoms with E-state index in [4.69, 9.17) is 0 Å². The Bertz CT molecular complexity index is 264. The minimum atomic E-state index is 0.532. The summed E-state index contributed by atoms with van der Waals surface area (Å²) in [5.41, 5.74) is 1.09. The Kier molecular flexibility index (Phi) is 5.30. The Morgan fingerprint density at radius 2 is 1.63 bits per heavy atom. The van der Waals surface area contributed by atoms with Crippen molar-refractivity contribution in [3.63, 3.8) is 0 Å². The van der Waals surface area contributed by atoms with Gasteiger partial charge in [-0.1, -0.05) is 39.5 Å². The van der Waals surface area contributed by atoms with Gasteiger partial charge in [-0.25, -0.2) is 0 Å². The molecule has 0 aromatic heterocycles. The molecule has 2 rings (SSSR count). The fourth-order valence-corrected chi connectivity index (χ4v) is 4.40. The molecule has 1 aliphatic carbocycles. The van der Waals surface area contributed by atoms with Crippen LogP contribution in [0.4, 0.5) is 0 Å². The van der Waals surface area contributed by atoms with Gasteiger partial charge in [0.15, 0.2) is 0 Å². The van der Waals surface area contributed by atoms with Crippen molar-refractivity contribution in [1.29, 1.82) is 0 Å². The second kappa shape index (κ2) is 6.58. The average Bonchev–Trinajstić information content (AvgIpc) is 2.54. The van der Waals surface area contributed by atoms with Crippen molar-refractivity contribution in [2.45, 2.75) is 65.2 Å². The largest absolute Gasteiger partial charge is 0.319 e. The Labute approximate surface area is 120 Å². The van der Waals surface area contributed by atoms with Gasteiger partial charge in [-0.05, 0) is 50.1 Å². The molecule has 0 unspecified atom stereocenters. The lowest BCUT2D eigenvalue weighted by atomic mass is 9.77. The number of hydrogen-bond acceptors (Lipinski definition) is 2. The van der Waals surface area contributed by atoms with Gasteiger partial charge < -0.3 is 10.2 Å². The van der Waals surface area contributed by atoms with Gasteiger partial charge in [0.2, 0.25) is 0 Å². The van der Waals surface area contributed by atoms with E-state index in [1.165, 1.54) is 77.5 Å². The highest BCUT2D eigenvalue weighted by Crippen LogP contribution is 2.37. The molecule has 0 atom stereocenters. The first-order valence-corrected chi connectivity index (χ1v) is 8.42. The maximum atomic E-state index is 3.49. The van der Waals surface area contributed by atoms with Gasteiger partial charge in [-0.2, -0.15) is 0 Å². The van der Waals surface area contributed by atoms with Crippen molar-refractivity contribution in [2.24, 2.45) is 10.8 Å². The van der Waals surface area contributed by atoms with E-state index in [1.54, 1.807) is 0 Å². The molecule has 0 aromatic carbocycles. The molecule has 19 heavy (non-hydrogen) atoms. The van der Waals surface area contributed by atoms with Crippen LogP contribution in [0.3, 0.4) is 0 Å².